The van der Waals surface area contributed by atoms with Crippen LogP contribution in [0, 0.1) is 0 Å². The molecule has 1 unspecified atom stereocenters. The fraction of sp³-hybridized carbons (Fsp3) is 0.714. The second kappa shape index (κ2) is 8.92. The van der Waals surface area contributed by atoms with Gasteiger partial charge in [0.1, 0.15) is 18.5 Å². The maximum atomic E-state index is 10.6. The molecule has 1 aliphatic heterocycles. The fourth-order valence-corrected chi connectivity index (χ4v) is 4.30. The van der Waals surface area contributed by atoms with E-state index >= 15 is 0 Å². The molecule has 1 aromatic rings. The zero-order chi connectivity index (χ0) is 18.8. The molecule has 1 aliphatic rings. The highest BCUT2D eigenvalue weighted by atomic mass is 35.5. The minimum atomic E-state index is -0.575. The molecular formula is C21H36ClNO3. The number of ether oxygens (including phenoxy) is 1. The van der Waals surface area contributed by atoms with Gasteiger partial charge in [-0.2, -0.15) is 0 Å². The van der Waals surface area contributed by atoms with Gasteiger partial charge in [0.15, 0.2) is 0 Å². The number of aliphatic hydroxyl groups excluding tert-OH is 2. The topological polar surface area (TPSA) is 52.9 Å². The molecule has 0 bridgehead atoms. The monoisotopic (exact) mass is 385 g/mol. The Hall–Kier alpha value is -0.810. The van der Waals surface area contributed by atoms with Crippen LogP contribution in [0.3, 0.4) is 0 Å². The molecule has 150 valence electrons. The third-order valence-corrected chi connectivity index (χ3v) is 5.30. The summed E-state index contributed by atoms with van der Waals surface area (Å²) in [5.41, 5.74) is 0.854. The Morgan fingerprint density at radius 3 is 2.19 bits per heavy atom. The van der Waals surface area contributed by atoms with E-state index in [9.17, 15) is 10.2 Å². The zero-order valence-corrected chi connectivity index (χ0v) is 17.8. The first-order valence-electron chi connectivity index (χ1n) is 9.38. The average Bonchev–Trinajstić information content (AvgIpc) is 2.48. The van der Waals surface area contributed by atoms with Gasteiger partial charge in [-0.15, -0.1) is 12.4 Å². The van der Waals surface area contributed by atoms with Crippen LogP contribution < -0.4 is 4.74 Å². The molecule has 0 radical (unpaired) electrons. The number of piperidine rings is 1. The number of hydrogen-bond donors (Lipinski definition) is 2. The van der Waals surface area contributed by atoms with Crippen molar-refractivity contribution in [2.24, 2.45) is 0 Å². The molecule has 1 atom stereocenters. The number of likely N-dealkylation sites (tertiary alicyclic amines) is 1. The normalized spacial score (nSPS) is 21.3. The third kappa shape index (κ3) is 5.59. The van der Waals surface area contributed by atoms with E-state index in [1.807, 2.05) is 18.2 Å². The summed E-state index contributed by atoms with van der Waals surface area (Å²) in [7, 11) is 0. The predicted molar refractivity (Wildman–Crippen MR) is 109 cm³/mol. The second-order valence-electron chi connectivity index (χ2n) is 8.95. The van der Waals surface area contributed by atoms with Crippen molar-refractivity contribution < 1.29 is 14.9 Å². The van der Waals surface area contributed by atoms with Crippen LogP contribution in [0.5, 0.6) is 5.75 Å². The first-order chi connectivity index (χ1) is 11.5. The molecule has 1 fully saturated rings. The number of aliphatic hydroxyl groups is 2. The minimum Gasteiger partial charge on any atom is -0.491 e. The largest absolute Gasteiger partial charge is 0.491 e. The summed E-state index contributed by atoms with van der Waals surface area (Å²) in [6, 6.07) is 8.02. The average molecular weight is 386 g/mol. The Bertz CT molecular complexity index is 556. The number of benzene rings is 1. The van der Waals surface area contributed by atoms with Crippen LogP contribution in [-0.4, -0.2) is 51.6 Å². The molecule has 0 aromatic heterocycles. The van der Waals surface area contributed by atoms with E-state index in [1.165, 1.54) is 0 Å². The van der Waals surface area contributed by atoms with E-state index in [4.69, 9.17) is 4.74 Å². The van der Waals surface area contributed by atoms with Crippen molar-refractivity contribution in [1.29, 1.82) is 0 Å². The van der Waals surface area contributed by atoms with Crippen LogP contribution in [0.2, 0.25) is 0 Å². The number of hydrogen-bond acceptors (Lipinski definition) is 4. The highest BCUT2D eigenvalue weighted by molar-refractivity contribution is 5.85. The first-order valence-corrected chi connectivity index (χ1v) is 9.38. The number of halogens is 1. The summed E-state index contributed by atoms with van der Waals surface area (Å²) < 4.78 is 5.93. The van der Waals surface area contributed by atoms with Crippen LogP contribution in [0.15, 0.2) is 24.3 Å². The quantitative estimate of drug-likeness (QED) is 0.777. The van der Waals surface area contributed by atoms with E-state index in [0.717, 1.165) is 24.2 Å². The first kappa shape index (κ1) is 23.2. The van der Waals surface area contributed by atoms with Crippen LogP contribution in [0.4, 0.5) is 0 Å². The molecule has 1 saturated heterocycles. The highest BCUT2D eigenvalue weighted by Crippen LogP contribution is 2.38. The minimum absolute atomic E-state index is 0. The van der Waals surface area contributed by atoms with Crippen LogP contribution in [-0.2, 0) is 0 Å². The number of rotatable bonds is 6. The lowest BCUT2D eigenvalue weighted by Gasteiger charge is -2.55. The fourth-order valence-electron chi connectivity index (χ4n) is 4.30. The van der Waals surface area contributed by atoms with Gasteiger partial charge < -0.3 is 14.9 Å². The van der Waals surface area contributed by atoms with Gasteiger partial charge in [-0.1, -0.05) is 32.0 Å². The Morgan fingerprint density at radius 1 is 1.12 bits per heavy atom. The Labute approximate surface area is 165 Å². The molecule has 0 amide bonds. The summed E-state index contributed by atoms with van der Waals surface area (Å²) >= 11 is 0. The summed E-state index contributed by atoms with van der Waals surface area (Å²) in [6.07, 6.45) is 0.585. The molecule has 5 heteroatoms. The van der Waals surface area contributed by atoms with Gasteiger partial charge in [-0.25, -0.2) is 0 Å². The zero-order valence-electron chi connectivity index (χ0n) is 17.0. The van der Waals surface area contributed by atoms with Gasteiger partial charge in [0.2, 0.25) is 0 Å². The van der Waals surface area contributed by atoms with E-state index in [2.05, 4.69) is 52.5 Å². The smallest absolute Gasteiger partial charge is 0.122 e. The summed E-state index contributed by atoms with van der Waals surface area (Å²) in [6.45, 7) is 13.6. The number of nitrogens with zero attached hydrogens (tertiary/aromatic N) is 1. The van der Waals surface area contributed by atoms with Crippen molar-refractivity contribution in [1.82, 2.24) is 4.90 Å². The maximum Gasteiger partial charge on any atom is 0.122 e. The molecule has 2 N–H and O–H groups in total. The molecule has 26 heavy (non-hydrogen) atoms. The second-order valence-corrected chi connectivity index (χ2v) is 8.95. The predicted octanol–water partition coefficient (Wildman–Crippen LogP) is 3.99. The molecule has 2 rings (SSSR count). The van der Waals surface area contributed by atoms with Gasteiger partial charge in [-0.3, -0.25) is 4.90 Å². The van der Waals surface area contributed by atoms with Crippen molar-refractivity contribution >= 4 is 12.4 Å². The van der Waals surface area contributed by atoms with Crippen molar-refractivity contribution in [3.05, 3.63) is 29.8 Å². The van der Waals surface area contributed by atoms with E-state index < -0.39 is 6.10 Å². The van der Waals surface area contributed by atoms with Crippen LogP contribution in [0.1, 0.15) is 65.9 Å². The molecule has 0 spiro atoms. The van der Waals surface area contributed by atoms with Crippen molar-refractivity contribution in [2.75, 3.05) is 13.2 Å². The van der Waals surface area contributed by atoms with Crippen molar-refractivity contribution in [3.63, 3.8) is 0 Å². The summed E-state index contributed by atoms with van der Waals surface area (Å²) in [5.74, 6) is 1.24. The van der Waals surface area contributed by atoms with E-state index in [-0.39, 0.29) is 36.2 Å². The van der Waals surface area contributed by atoms with Gasteiger partial charge in [0.25, 0.3) is 0 Å². The molecule has 0 saturated carbocycles. The van der Waals surface area contributed by atoms with Gasteiger partial charge in [-0.05, 0) is 58.1 Å². The molecule has 0 aliphatic carbocycles. The molecular weight excluding hydrogens is 350 g/mol. The standard InChI is InChI=1S/C21H35NO3.ClH/c1-15(2)18-9-7-8-10-19(18)25-14-17(24)13-22-20(3,4)11-16(23)12-21(22,5)6;/h7-10,15-17,23-24H,11-14H2,1-6H3;1H. The lowest BCUT2D eigenvalue weighted by atomic mass is 9.78. The Kier molecular flexibility index (Phi) is 7.97. The van der Waals surface area contributed by atoms with Crippen LogP contribution >= 0.6 is 12.4 Å². The number of β-amino-alcohol motifs (C(OH)–C–C–N with tert-alkyl or cyclic N) is 1. The van der Waals surface area contributed by atoms with Gasteiger partial charge >= 0.3 is 0 Å². The summed E-state index contributed by atoms with van der Waals surface area (Å²) in [5, 5.41) is 20.7. The van der Waals surface area contributed by atoms with E-state index in [0.29, 0.717) is 12.5 Å². The Balaban J connectivity index is 0.00000338. The van der Waals surface area contributed by atoms with Gasteiger partial charge in [0.05, 0.1) is 6.10 Å². The van der Waals surface area contributed by atoms with Gasteiger partial charge in [0, 0.05) is 17.6 Å². The Morgan fingerprint density at radius 2 is 1.65 bits per heavy atom. The lowest BCUT2D eigenvalue weighted by Crippen LogP contribution is -2.63. The SMILES string of the molecule is CC(C)c1ccccc1OCC(O)CN1C(C)(C)CC(O)CC1(C)C.Cl. The van der Waals surface area contributed by atoms with E-state index in [1.54, 1.807) is 0 Å². The lowest BCUT2D eigenvalue weighted by molar-refractivity contribution is -0.1000. The highest BCUT2D eigenvalue weighted by Gasteiger charge is 2.45. The maximum absolute atomic E-state index is 10.6. The third-order valence-electron chi connectivity index (χ3n) is 5.30. The van der Waals surface area contributed by atoms with Crippen LogP contribution in [0.25, 0.3) is 0 Å². The molecule has 4 nitrogen and oxygen atoms in total. The number of para-hydroxylation sites is 1. The van der Waals surface area contributed by atoms with Crippen molar-refractivity contribution in [3.8, 4) is 5.75 Å². The van der Waals surface area contributed by atoms with Crippen molar-refractivity contribution in [2.45, 2.75) is 83.6 Å². The molecule has 1 aromatic carbocycles. The molecule has 1 heterocycles. The summed E-state index contributed by atoms with van der Waals surface area (Å²) in [4.78, 5) is 2.31.